The number of anilines is 3. The number of ether oxygens (including phenoxy) is 1. The first-order valence-electron chi connectivity index (χ1n) is 13.3. The lowest BCUT2D eigenvalue weighted by Gasteiger charge is -2.26. The van der Waals surface area contributed by atoms with Gasteiger partial charge in [-0.1, -0.05) is 46.4 Å². The molecule has 234 valence electrons. The Balaban J connectivity index is 1.51. The second-order valence-corrected chi connectivity index (χ2v) is 14.5. The minimum Gasteiger partial charge on any atom is -0.443 e. The summed E-state index contributed by atoms with van der Waals surface area (Å²) in [5, 5.41) is 3.60. The van der Waals surface area contributed by atoms with E-state index in [9.17, 15) is 14.4 Å². The molecule has 3 aromatic rings. The van der Waals surface area contributed by atoms with Crippen LogP contribution in [0.1, 0.15) is 48.2 Å². The van der Waals surface area contributed by atoms with Crippen LogP contribution in [0, 0.1) is 12.8 Å². The number of hydrogen-bond donors (Lipinski definition) is 1. The van der Waals surface area contributed by atoms with E-state index < -0.39 is 39.7 Å². The van der Waals surface area contributed by atoms with Crippen molar-refractivity contribution < 1.29 is 19.1 Å². The Kier molecular flexibility index (Phi) is 10.0. The van der Waals surface area contributed by atoms with Crippen molar-refractivity contribution in [2.75, 3.05) is 29.2 Å². The number of benzene rings is 3. The minimum absolute atomic E-state index is 0.160. The van der Waals surface area contributed by atoms with Crippen LogP contribution in [0.5, 0.6) is 0 Å². The predicted octanol–water partition coefficient (Wildman–Crippen LogP) is 9.78. The molecule has 44 heavy (non-hydrogen) atoms. The monoisotopic (exact) mass is 717 g/mol. The summed E-state index contributed by atoms with van der Waals surface area (Å²) >= 11 is 37.8. The molecule has 1 fully saturated rings. The van der Waals surface area contributed by atoms with Crippen LogP contribution >= 0.6 is 69.6 Å². The number of alkyl halides is 2. The van der Waals surface area contributed by atoms with E-state index in [2.05, 4.69) is 5.32 Å². The van der Waals surface area contributed by atoms with Gasteiger partial charge in [-0.15, -0.1) is 23.2 Å². The lowest BCUT2D eigenvalue weighted by Crippen LogP contribution is -2.34. The average molecular weight is 720 g/mol. The highest BCUT2D eigenvalue weighted by atomic mass is 35.5. The van der Waals surface area contributed by atoms with E-state index in [4.69, 9.17) is 74.3 Å². The van der Waals surface area contributed by atoms with Crippen LogP contribution in [0.15, 0.2) is 48.5 Å². The molecule has 0 aromatic heterocycles. The number of carbonyl (C=O) groups excluding carboxylic acids is 3. The van der Waals surface area contributed by atoms with Crippen LogP contribution in [0.3, 0.4) is 0 Å². The normalized spacial score (nSPS) is 17.1. The van der Waals surface area contributed by atoms with Crippen LogP contribution in [0.4, 0.5) is 21.9 Å². The van der Waals surface area contributed by atoms with Gasteiger partial charge in [-0.05, 0) is 87.4 Å². The molecule has 3 aromatic carbocycles. The second-order valence-electron chi connectivity index (χ2n) is 11.5. The molecule has 1 aliphatic rings. The summed E-state index contributed by atoms with van der Waals surface area (Å²) in [5.74, 6) is -2.28. The number of amides is 3. The zero-order valence-corrected chi connectivity index (χ0v) is 29.1. The highest BCUT2D eigenvalue weighted by molar-refractivity contribution is 6.54. The molecule has 2 unspecified atom stereocenters. The number of rotatable bonds is 6. The number of halogens is 6. The minimum atomic E-state index is -1.41. The van der Waals surface area contributed by atoms with Crippen molar-refractivity contribution in [1.29, 1.82) is 0 Å². The van der Waals surface area contributed by atoms with Crippen LogP contribution in [-0.2, 0) is 9.53 Å². The Morgan fingerprint density at radius 2 is 1.48 bits per heavy atom. The Bertz CT molecular complexity index is 1630. The quantitative estimate of drug-likeness (QED) is 0.203. The molecule has 0 radical (unpaired) electrons. The smallest absolute Gasteiger partial charge is 0.414 e. The summed E-state index contributed by atoms with van der Waals surface area (Å²) in [4.78, 5) is 42.2. The first kappa shape index (κ1) is 34.5. The summed E-state index contributed by atoms with van der Waals surface area (Å²) in [6.07, 6.45) is -0.501. The summed E-state index contributed by atoms with van der Waals surface area (Å²) < 4.78 is 4.03. The molecule has 3 amide bonds. The van der Waals surface area contributed by atoms with Gasteiger partial charge in [0.25, 0.3) is 5.91 Å². The highest BCUT2D eigenvalue weighted by Crippen LogP contribution is 2.65. The molecule has 0 bridgehead atoms. The fourth-order valence-corrected chi connectivity index (χ4v) is 6.40. The topological polar surface area (TPSA) is 79.0 Å². The summed E-state index contributed by atoms with van der Waals surface area (Å²) in [6, 6.07) is 12.9. The zero-order valence-electron chi connectivity index (χ0n) is 24.6. The molecule has 4 rings (SSSR count). The SMILES string of the molecule is Cc1cc(N(C)C(=O)OC(C)(C)C)ccc1N(C)C(=O)c1cc(NC(=O)C2C(c3cc(Cl)c(Cl)c(Cl)c3)C2(Cl)Cl)ccc1Cl. The van der Waals surface area contributed by atoms with E-state index in [0.717, 1.165) is 5.56 Å². The third-order valence-electron chi connectivity index (χ3n) is 7.07. The maximum atomic E-state index is 13.6. The predicted molar refractivity (Wildman–Crippen MR) is 181 cm³/mol. The van der Waals surface area contributed by atoms with Gasteiger partial charge in [-0.3, -0.25) is 14.5 Å². The van der Waals surface area contributed by atoms with E-state index >= 15 is 0 Å². The van der Waals surface area contributed by atoms with Gasteiger partial charge < -0.3 is 15.0 Å². The number of aryl methyl sites for hydroxylation is 1. The number of nitrogens with one attached hydrogen (secondary N) is 1. The first-order valence-corrected chi connectivity index (χ1v) is 15.6. The summed E-state index contributed by atoms with van der Waals surface area (Å²) in [7, 11) is 3.22. The second kappa shape index (κ2) is 12.8. The van der Waals surface area contributed by atoms with Crippen molar-refractivity contribution in [1.82, 2.24) is 0 Å². The molecular formula is C31H29Cl6N3O4. The molecule has 13 heteroatoms. The van der Waals surface area contributed by atoms with Crippen molar-refractivity contribution in [3.05, 3.63) is 85.3 Å². The van der Waals surface area contributed by atoms with Gasteiger partial charge in [0.05, 0.1) is 31.6 Å². The molecule has 0 aliphatic heterocycles. The van der Waals surface area contributed by atoms with Crippen LogP contribution in [-0.4, -0.2) is 41.9 Å². The fourth-order valence-electron chi connectivity index (χ4n) is 4.76. The average Bonchev–Trinajstić information content (AvgIpc) is 3.52. The van der Waals surface area contributed by atoms with Crippen LogP contribution < -0.4 is 15.1 Å². The van der Waals surface area contributed by atoms with Gasteiger partial charge in [-0.25, -0.2) is 4.79 Å². The molecule has 1 saturated carbocycles. The van der Waals surface area contributed by atoms with Crippen molar-refractivity contribution in [2.45, 2.75) is 43.5 Å². The number of carbonyl (C=O) groups is 3. The number of nitrogens with zero attached hydrogens (tertiary/aromatic N) is 2. The van der Waals surface area contributed by atoms with E-state index in [1.807, 2.05) is 6.92 Å². The molecule has 1 aliphatic carbocycles. The Morgan fingerprint density at radius 1 is 0.864 bits per heavy atom. The molecule has 0 saturated heterocycles. The Morgan fingerprint density at radius 3 is 2.05 bits per heavy atom. The molecule has 1 N–H and O–H groups in total. The van der Waals surface area contributed by atoms with Gasteiger partial charge >= 0.3 is 6.09 Å². The fraction of sp³-hybridized carbons (Fsp3) is 0.323. The largest absolute Gasteiger partial charge is 0.443 e. The Labute approximate surface area is 286 Å². The van der Waals surface area contributed by atoms with Crippen LogP contribution in [0.2, 0.25) is 20.1 Å². The molecule has 0 spiro atoms. The zero-order chi connectivity index (χ0) is 32.9. The molecular weight excluding hydrogens is 691 g/mol. The van der Waals surface area contributed by atoms with Gasteiger partial charge in [0.2, 0.25) is 5.91 Å². The number of hydrogen-bond acceptors (Lipinski definition) is 4. The van der Waals surface area contributed by atoms with Crippen LogP contribution in [0.25, 0.3) is 0 Å². The van der Waals surface area contributed by atoms with Gasteiger partial charge in [0, 0.05) is 37.1 Å². The molecule has 2 atom stereocenters. The van der Waals surface area contributed by atoms with E-state index in [1.165, 1.54) is 21.9 Å². The lowest BCUT2D eigenvalue weighted by atomic mass is 10.1. The van der Waals surface area contributed by atoms with Crippen molar-refractivity contribution in [3.8, 4) is 0 Å². The summed E-state index contributed by atoms with van der Waals surface area (Å²) in [6.45, 7) is 7.19. The molecule has 0 heterocycles. The highest BCUT2D eigenvalue weighted by Gasteiger charge is 2.67. The van der Waals surface area contributed by atoms with Crippen molar-refractivity contribution in [2.24, 2.45) is 5.92 Å². The first-order chi connectivity index (χ1) is 20.3. The molecule has 7 nitrogen and oxygen atoms in total. The van der Waals surface area contributed by atoms with E-state index in [0.29, 0.717) is 22.6 Å². The lowest BCUT2D eigenvalue weighted by molar-refractivity contribution is -0.117. The van der Waals surface area contributed by atoms with Gasteiger partial charge in [0.15, 0.2) is 0 Å². The van der Waals surface area contributed by atoms with Gasteiger partial charge in [-0.2, -0.15) is 0 Å². The van der Waals surface area contributed by atoms with Crippen molar-refractivity contribution in [3.63, 3.8) is 0 Å². The summed E-state index contributed by atoms with van der Waals surface area (Å²) in [5.41, 5.74) is 2.34. The third-order valence-corrected chi connectivity index (χ3v) is 9.53. The maximum Gasteiger partial charge on any atom is 0.414 e. The van der Waals surface area contributed by atoms with E-state index in [-0.39, 0.29) is 25.7 Å². The van der Waals surface area contributed by atoms with Gasteiger partial charge in [0.1, 0.15) is 9.93 Å². The third kappa shape index (κ3) is 7.19. The van der Waals surface area contributed by atoms with Crippen molar-refractivity contribution >= 4 is 105 Å². The van der Waals surface area contributed by atoms with E-state index in [1.54, 1.807) is 71.3 Å². The maximum absolute atomic E-state index is 13.6. The standard InChI is InChI=1S/C31H29Cl6N3O4/c1-15-11-18(39(5)29(43)44-30(2,3)4)8-10-23(15)40(6)28(42)19-14-17(7-9-20(19)32)38-27(41)25-24(31(25,36)37)16-12-21(33)26(35)22(34)13-16/h7-14,24-25H,1-6H3,(H,38,41). The Hall–Kier alpha value is -2.39.